The zero-order valence-electron chi connectivity index (χ0n) is 28.6. The number of fused-ring (bicyclic) bond motifs is 4. The number of hydrogen-bond donors (Lipinski definition) is 0. The Hall–Kier alpha value is -6.50. The molecule has 0 saturated heterocycles. The lowest BCUT2D eigenvalue weighted by Crippen LogP contribution is -1.93. The van der Waals surface area contributed by atoms with E-state index in [1.165, 1.54) is 98.7 Å². The Kier molecular flexibility index (Phi) is 7.64. The molecule has 0 aliphatic rings. The average molecular weight is 649 g/mol. The van der Waals surface area contributed by atoms with Gasteiger partial charge < -0.3 is 0 Å². The monoisotopic (exact) mass is 648 g/mol. The molecule has 0 aliphatic heterocycles. The van der Waals surface area contributed by atoms with Crippen LogP contribution in [-0.4, -0.2) is 0 Å². The summed E-state index contributed by atoms with van der Waals surface area (Å²) < 4.78 is 0. The molecule has 0 radical (unpaired) electrons. The van der Waals surface area contributed by atoms with Gasteiger partial charge in [-0.2, -0.15) is 0 Å². The van der Waals surface area contributed by atoms with Crippen molar-refractivity contribution in [3.05, 3.63) is 200 Å². The van der Waals surface area contributed by atoms with Crippen LogP contribution < -0.4 is 0 Å². The fourth-order valence-electron chi connectivity index (χ4n) is 7.78. The number of aryl methyl sites for hydroxylation is 1. The molecule has 9 rings (SSSR count). The van der Waals surface area contributed by atoms with Crippen molar-refractivity contribution < 1.29 is 0 Å². The molecule has 0 amide bonds. The minimum Gasteiger partial charge on any atom is -0.0991 e. The van der Waals surface area contributed by atoms with Crippen molar-refractivity contribution in [1.82, 2.24) is 0 Å². The molecule has 0 fully saturated rings. The van der Waals surface area contributed by atoms with Gasteiger partial charge in [-0.3, -0.25) is 0 Å². The van der Waals surface area contributed by atoms with E-state index in [9.17, 15) is 0 Å². The molecule has 0 atom stereocenters. The smallest absolute Gasteiger partial charge is 0.00259 e. The van der Waals surface area contributed by atoms with Gasteiger partial charge in [0.1, 0.15) is 0 Å². The maximum Gasteiger partial charge on any atom is -0.00259 e. The van der Waals surface area contributed by atoms with Gasteiger partial charge in [0.15, 0.2) is 0 Å². The van der Waals surface area contributed by atoms with E-state index in [1.54, 1.807) is 0 Å². The first-order valence-corrected chi connectivity index (χ1v) is 17.6. The van der Waals surface area contributed by atoms with Gasteiger partial charge in [-0.1, -0.05) is 164 Å². The first kappa shape index (κ1) is 30.6. The zero-order chi connectivity index (χ0) is 34.3. The Balaban J connectivity index is 1.33. The lowest BCUT2D eigenvalue weighted by molar-refractivity contribution is 1.44. The van der Waals surface area contributed by atoms with Crippen molar-refractivity contribution in [1.29, 1.82) is 0 Å². The molecule has 0 spiro atoms. The standard InChI is InChI=1S/C51H36/c1-3-4-13-35-22-27-42(28-34(35)2)50-46-18-9-11-20-48(46)51(49-21-12-10-19-47(49)50)45-32-43(40-25-23-36-14-5-7-16-38(36)29-40)31-44(33-45)41-26-24-37-15-6-8-17-39(37)30-41/h3-33H,1H2,2H3/b13-4-. The highest BCUT2D eigenvalue weighted by molar-refractivity contribution is 6.21. The van der Waals surface area contributed by atoms with Crippen molar-refractivity contribution in [3.8, 4) is 44.5 Å². The van der Waals surface area contributed by atoms with Crippen molar-refractivity contribution in [2.75, 3.05) is 0 Å². The zero-order valence-corrected chi connectivity index (χ0v) is 28.6. The molecule has 51 heavy (non-hydrogen) atoms. The Bertz CT molecular complexity index is 2670. The van der Waals surface area contributed by atoms with Gasteiger partial charge in [-0.25, -0.2) is 0 Å². The van der Waals surface area contributed by atoms with Gasteiger partial charge in [-0.15, -0.1) is 0 Å². The molecular formula is C51H36. The molecule has 0 nitrogen and oxygen atoms in total. The second-order valence-electron chi connectivity index (χ2n) is 13.4. The molecule has 240 valence electrons. The van der Waals surface area contributed by atoms with Crippen LogP contribution in [-0.2, 0) is 0 Å². The van der Waals surface area contributed by atoms with Crippen LogP contribution in [0.1, 0.15) is 11.1 Å². The fourth-order valence-corrected chi connectivity index (χ4v) is 7.78. The lowest BCUT2D eigenvalue weighted by atomic mass is 9.84. The third-order valence-corrected chi connectivity index (χ3v) is 10.3. The number of allylic oxidation sites excluding steroid dienone is 2. The molecule has 0 aliphatic carbocycles. The lowest BCUT2D eigenvalue weighted by Gasteiger charge is -2.20. The highest BCUT2D eigenvalue weighted by atomic mass is 14.2. The molecule has 0 N–H and O–H groups in total. The van der Waals surface area contributed by atoms with Crippen molar-refractivity contribution in [3.63, 3.8) is 0 Å². The van der Waals surface area contributed by atoms with Gasteiger partial charge in [0, 0.05) is 0 Å². The third kappa shape index (κ3) is 5.52. The van der Waals surface area contributed by atoms with E-state index in [-0.39, 0.29) is 0 Å². The predicted octanol–water partition coefficient (Wildman–Crippen LogP) is 14.5. The van der Waals surface area contributed by atoms with Gasteiger partial charge in [-0.05, 0) is 136 Å². The second kappa shape index (κ2) is 12.8. The summed E-state index contributed by atoms with van der Waals surface area (Å²) >= 11 is 0. The maximum absolute atomic E-state index is 3.85. The Morgan fingerprint density at radius 1 is 0.373 bits per heavy atom. The molecule has 0 bridgehead atoms. The number of benzene rings is 9. The van der Waals surface area contributed by atoms with Crippen LogP contribution in [0.2, 0.25) is 0 Å². The van der Waals surface area contributed by atoms with E-state index in [2.05, 4.69) is 189 Å². The Labute approximate surface area is 299 Å². The van der Waals surface area contributed by atoms with E-state index in [0.717, 1.165) is 0 Å². The van der Waals surface area contributed by atoms with Crippen LogP contribution in [0.4, 0.5) is 0 Å². The topological polar surface area (TPSA) is 0 Å². The summed E-state index contributed by atoms with van der Waals surface area (Å²) in [4.78, 5) is 0. The van der Waals surface area contributed by atoms with E-state index >= 15 is 0 Å². The minimum atomic E-state index is 1.20. The minimum absolute atomic E-state index is 1.20. The van der Waals surface area contributed by atoms with Crippen LogP contribution in [0.5, 0.6) is 0 Å². The van der Waals surface area contributed by atoms with Crippen LogP contribution >= 0.6 is 0 Å². The van der Waals surface area contributed by atoms with Gasteiger partial charge in [0.25, 0.3) is 0 Å². The van der Waals surface area contributed by atoms with E-state index < -0.39 is 0 Å². The largest absolute Gasteiger partial charge is 0.0991 e. The summed E-state index contributed by atoms with van der Waals surface area (Å²) in [7, 11) is 0. The second-order valence-corrected chi connectivity index (χ2v) is 13.4. The van der Waals surface area contributed by atoms with Gasteiger partial charge in [0.2, 0.25) is 0 Å². The molecule has 9 aromatic carbocycles. The summed E-state index contributed by atoms with van der Waals surface area (Å²) in [6.45, 7) is 6.05. The fraction of sp³-hybridized carbons (Fsp3) is 0.0196. The summed E-state index contributed by atoms with van der Waals surface area (Å²) in [6.07, 6.45) is 5.95. The molecule has 9 aromatic rings. The SMILES string of the molecule is C=C/C=C\c1ccc(-c2c3ccccc3c(-c3cc(-c4ccc5ccccc5c4)cc(-c4ccc5ccccc5c4)c3)c3ccccc23)cc1C. The molecule has 0 aromatic heterocycles. The first-order valence-electron chi connectivity index (χ1n) is 17.6. The highest BCUT2D eigenvalue weighted by Gasteiger charge is 2.18. The van der Waals surface area contributed by atoms with Crippen molar-refractivity contribution >= 4 is 49.2 Å². The number of rotatable bonds is 6. The highest BCUT2D eigenvalue weighted by Crippen LogP contribution is 2.45. The normalized spacial score (nSPS) is 11.6. The Morgan fingerprint density at radius 3 is 1.29 bits per heavy atom. The van der Waals surface area contributed by atoms with Crippen molar-refractivity contribution in [2.45, 2.75) is 6.92 Å². The quantitative estimate of drug-likeness (QED) is 0.124. The van der Waals surface area contributed by atoms with Gasteiger partial charge in [0.05, 0.1) is 0 Å². The van der Waals surface area contributed by atoms with E-state index in [4.69, 9.17) is 0 Å². The summed E-state index contributed by atoms with van der Waals surface area (Å²) in [5.41, 5.74) is 12.3. The van der Waals surface area contributed by atoms with Crippen LogP contribution in [0.3, 0.4) is 0 Å². The predicted molar refractivity (Wildman–Crippen MR) is 222 cm³/mol. The summed E-state index contributed by atoms with van der Waals surface area (Å²) in [6, 6.07) is 62.8. The maximum atomic E-state index is 3.85. The van der Waals surface area contributed by atoms with Crippen LogP contribution in [0.15, 0.2) is 189 Å². The average Bonchev–Trinajstić information content (AvgIpc) is 3.18. The Morgan fingerprint density at radius 2 is 0.804 bits per heavy atom. The van der Waals surface area contributed by atoms with Gasteiger partial charge >= 0.3 is 0 Å². The number of hydrogen-bond acceptors (Lipinski definition) is 0. The van der Waals surface area contributed by atoms with E-state index in [1.807, 2.05) is 12.2 Å². The molecule has 0 heteroatoms. The van der Waals surface area contributed by atoms with Crippen molar-refractivity contribution in [2.24, 2.45) is 0 Å². The molecule has 0 heterocycles. The molecule has 0 unspecified atom stereocenters. The molecular weight excluding hydrogens is 613 g/mol. The van der Waals surface area contributed by atoms with E-state index in [0.29, 0.717) is 0 Å². The summed E-state index contributed by atoms with van der Waals surface area (Å²) in [5.74, 6) is 0. The third-order valence-electron chi connectivity index (χ3n) is 10.3. The molecule has 0 saturated carbocycles. The van der Waals surface area contributed by atoms with Crippen LogP contribution in [0.25, 0.3) is 93.7 Å². The summed E-state index contributed by atoms with van der Waals surface area (Å²) in [5, 5.41) is 9.99. The van der Waals surface area contributed by atoms with Crippen LogP contribution in [0, 0.1) is 6.92 Å². The first-order chi connectivity index (χ1) is 25.1.